The third-order valence-corrected chi connectivity index (χ3v) is 3.33. The molecular weight excluding hydrogens is 295 g/mol. The van der Waals surface area contributed by atoms with Gasteiger partial charge in [0.15, 0.2) is 5.76 Å². The molecule has 23 heavy (non-hydrogen) atoms. The molecule has 1 heterocycles. The second-order valence-corrected chi connectivity index (χ2v) is 4.95. The minimum atomic E-state index is -0.304. The van der Waals surface area contributed by atoms with E-state index in [1.165, 1.54) is 12.3 Å². The number of nitrogens with one attached hydrogen (secondary N) is 2. The van der Waals surface area contributed by atoms with Crippen molar-refractivity contribution >= 4 is 17.3 Å². The standard InChI is InChI=1S/C18H15FN2O2/c19-16-5-2-1-4-13(16)12-20-14-7-9-15(10-8-14)21-18(22)17-6-3-11-23-17/h1-11,20H,12H2,(H,21,22). The minimum Gasteiger partial charge on any atom is -0.459 e. The Morgan fingerprint density at radius 1 is 0.957 bits per heavy atom. The predicted molar refractivity (Wildman–Crippen MR) is 86.8 cm³/mol. The predicted octanol–water partition coefficient (Wildman–Crippen LogP) is 4.28. The lowest BCUT2D eigenvalue weighted by Crippen LogP contribution is -2.10. The highest BCUT2D eigenvalue weighted by Crippen LogP contribution is 2.16. The Balaban J connectivity index is 1.59. The van der Waals surface area contributed by atoms with Crippen LogP contribution in [0.15, 0.2) is 71.3 Å². The fraction of sp³-hybridized carbons (Fsp3) is 0.0556. The molecule has 0 bridgehead atoms. The lowest BCUT2D eigenvalue weighted by molar-refractivity contribution is 0.0996. The fourth-order valence-corrected chi connectivity index (χ4v) is 2.11. The van der Waals surface area contributed by atoms with Gasteiger partial charge in [-0.05, 0) is 42.5 Å². The van der Waals surface area contributed by atoms with Crippen molar-refractivity contribution in [3.05, 3.63) is 84.1 Å². The summed E-state index contributed by atoms with van der Waals surface area (Å²) in [6.07, 6.45) is 1.45. The van der Waals surface area contributed by atoms with Crippen LogP contribution in [0.5, 0.6) is 0 Å². The van der Waals surface area contributed by atoms with E-state index in [0.717, 1.165) is 5.69 Å². The van der Waals surface area contributed by atoms with Gasteiger partial charge in [0.05, 0.1) is 6.26 Å². The van der Waals surface area contributed by atoms with E-state index >= 15 is 0 Å². The highest BCUT2D eigenvalue weighted by atomic mass is 19.1. The number of halogens is 1. The molecule has 2 N–H and O–H groups in total. The molecule has 3 rings (SSSR count). The highest BCUT2D eigenvalue weighted by molar-refractivity contribution is 6.02. The van der Waals surface area contributed by atoms with E-state index in [1.54, 1.807) is 42.5 Å². The van der Waals surface area contributed by atoms with Crippen molar-refractivity contribution in [2.24, 2.45) is 0 Å². The molecule has 4 nitrogen and oxygen atoms in total. The Hall–Kier alpha value is -3.08. The summed E-state index contributed by atoms with van der Waals surface area (Å²) < 4.78 is 18.6. The Labute approximate surface area is 132 Å². The Morgan fingerprint density at radius 3 is 2.39 bits per heavy atom. The number of hydrogen-bond donors (Lipinski definition) is 2. The zero-order valence-electron chi connectivity index (χ0n) is 12.3. The molecule has 0 radical (unpaired) electrons. The van der Waals surface area contributed by atoms with E-state index in [0.29, 0.717) is 17.8 Å². The van der Waals surface area contributed by atoms with Crippen LogP contribution < -0.4 is 10.6 Å². The van der Waals surface area contributed by atoms with Crippen molar-refractivity contribution in [3.8, 4) is 0 Å². The average molecular weight is 310 g/mol. The summed E-state index contributed by atoms with van der Waals surface area (Å²) >= 11 is 0. The minimum absolute atomic E-state index is 0.234. The van der Waals surface area contributed by atoms with E-state index in [-0.39, 0.29) is 17.5 Å². The van der Waals surface area contributed by atoms with E-state index < -0.39 is 0 Å². The first-order chi connectivity index (χ1) is 11.2. The number of carbonyl (C=O) groups is 1. The van der Waals surface area contributed by atoms with Crippen LogP contribution >= 0.6 is 0 Å². The molecular formula is C18H15FN2O2. The number of amides is 1. The second-order valence-electron chi connectivity index (χ2n) is 4.95. The monoisotopic (exact) mass is 310 g/mol. The first-order valence-electron chi connectivity index (χ1n) is 7.14. The van der Waals surface area contributed by atoms with Crippen molar-refractivity contribution in [1.82, 2.24) is 0 Å². The fourth-order valence-electron chi connectivity index (χ4n) is 2.11. The van der Waals surface area contributed by atoms with Gasteiger partial charge in [-0.15, -0.1) is 0 Å². The van der Waals surface area contributed by atoms with E-state index in [1.807, 2.05) is 12.1 Å². The maximum absolute atomic E-state index is 13.5. The van der Waals surface area contributed by atoms with Gasteiger partial charge in [-0.1, -0.05) is 18.2 Å². The molecule has 5 heteroatoms. The SMILES string of the molecule is O=C(Nc1ccc(NCc2ccccc2F)cc1)c1ccco1. The van der Waals surface area contributed by atoms with Gasteiger partial charge in [0.2, 0.25) is 0 Å². The molecule has 0 spiro atoms. The van der Waals surface area contributed by atoms with Crippen LogP contribution in [0, 0.1) is 5.82 Å². The first kappa shape index (κ1) is 14.8. The second kappa shape index (κ2) is 6.79. The molecule has 1 amide bonds. The van der Waals surface area contributed by atoms with Crippen LogP contribution in [0.2, 0.25) is 0 Å². The summed E-state index contributed by atoms with van der Waals surface area (Å²) in [5.74, 6) is -0.281. The number of rotatable bonds is 5. The lowest BCUT2D eigenvalue weighted by Gasteiger charge is -2.09. The summed E-state index contributed by atoms with van der Waals surface area (Å²) in [4.78, 5) is 11.8. The molecule has 0 saturated carbocycles. The van der Waals surface area contributed by atoms with Gasteiger partial charge in [-0.3, -0.25) is 4.79 Å². The summed E-state index contributed by atoms with van der Waals surface area (Å²) in [6, 6.07) is 17.1. The molecule has 0 aliphatic rings. The number of furan rings is 1. The van der Waals surface area contributed by atoms with Crippen LogP contribution in [-0.2, 0) is 6.54 Å². The summed E-state index contributed by atoms with van der Waals surface area (Å²) in [7, 11) is 0. The summed E-state index contributed by atoms with van der Waals surface area (Å²) in [6.45, 7) is 0.394. The molecule has 0 unspecified atom stereocenters. The van der Waals surface area contributed by atoms with Gasteiger partial charge in [-0.25, -0.2) is 4.39 Å². The van der Waals surface area contributed by atoms with Gasteiger partial charge >= 0.3 is 0 Å². The lowest BCUT2D eigenvalue weighted by atomic mass is 10.2. The molecule has 0 atom stereocenters. The third kappa shape index (κ3) is 3.77. The van der Waals surface area contributed by atoms with E-state index in [9.17, 15) is 9.18 Å². The van der Waals surface area contributed by atoms with Crippen molar-refractivity contribution in [3.63, 3.8) is 0 Å². The number of hydrogen-bond acceptors (Lipinski definition) is 3. The maximum atomic E-state index is 13.5. The summed E-state index contributed by atoms with van der Waals surface area (Å²) in [5.41, 5.74) is 2.09. The van der Waals surface area contributed by atoms with Crippen LogP contribution in [0.3, 0.4) is 0 Å². The maximum Gasteiger partial charge on any atom is 0.291 e. The largest absolute Gasteiger partial charge is 0.459 e. The van der Waals surface area contributed by atoms with Gasteiger partial charge < -0.3 is 15.1 Å². The average Bonchev–Trinajstić information content (AvgIpc) is 3.10. The third-order valence-electron chi connectivity index (χ3n) is 3.33. The van der Waals surface area contributed by atoms with Crippen molar-refractivity contribution in [1.29, 1.82) is 0 Å². The topological polar surface area (TPSA) is 54.3 Å². The van der Waals surface area contributed by atoms with Crippen molar-refractivity contribution in [2.75, 3.05) is 10.6 Å². The van der Waals surface area contributed by atoms with Crippen LogP contribution in [0.4, 0.5) is 15.8 Å². The van der Waals surface area contributed by atoms with Gasteiger partial charge in [-0.2, -0.15) is 0 Å². The van der Waals surface area contributed by atoms with E-state index in [2.05, 4.69) is 10.6 Å². The van der Waals surface area contributed by atoms with Crippen molar-refractivity contribution < 1.29 is 13.6 Å². The van der Waals surface area contributed by atoms with Crippen LogP contribution in [0.25, 0.3) is 0 Å². The van der Waals surface area contributed by atoms with Crippen LogP contribution in [-0.4, -0.2) is 5.91 Å². The smallest absolute Gasteiger partial charge is 0.291 e. The first-order valence-corrected chi connectivity index (χ1v) is 7.14. The molecule has 1 aromatic heterocycles. The molecule has 0 fully saturated rings. The van der Waals surface area contributed by atoms with Gasteiger partial charge in [0.1, 0.15) is 5.82 Å². The van der Waals surface area contributed by atoms with Crippen LogP contribution in [0.1, 0.15) is 16.1 Å². The van der Waals surface area contributed by atoms with Gasteiger partial charge in [0.25, 0.3) is 5.91 Å². The van der Waals surface area contributed by atoms with Crippen molar-refractivity contribution in [2.45, 2.75) is 6.54 Å². The molecule has 0 saturated heterocycles. The quantitative estimate of drug-likeness (QED) is 0.739. The highest BCUT2D eigenvalue weighted by Gasteiger charge is 2.08. The molecule has 0 aliphatic heterocycles. The zero-order chi connectivity index (χ0) is 16.1. The van der Waals surface area contributed by atoms with E-state index in [4.69, 9.17) is 4.42 Å². The Bertz CT molecular complexity index is 783. The molecule has 116 valence electrons. The summed E-state index contributed by atoms with van der Waals surface area (Å²) in [5, 5.41) is 5.87. The number of anilines is 2. The molecule has 3 aromatic rings. The molecule has 2 aromatic carbocycles. The number of benzene rings is 2. The normalized spacial score (nSPS) is 10.3. The Kier molecular flexibility index (Phi) is 4.38. The number of carbonyl (C=O) groups excluding carboxylic acids is 1. The zero-order valence-corrected chi connectivity index (χ0v) is 12.3. The molecule has 0 aliphatic carbocycles. The Morgan fingerprint density at radius 2 is 1.70 bits per heavy atom. The van der Waals surface area contributed by atoms with Gasteiger partial charge in [0, 0.05) is 23.5 Å².